The van der Waals surface area contributed by atoms with Crippen molar-refractivity contribution < 1.29 is 9.72 Å². The number of nitrogens with one attached hydrogen (secondary N) is 2. The summed E-state index contributed by atoms with van der Waals surface area (Å²) in [5.41, 5.74) is 0.0240. The number of rotatable bonds is 6. The molecule has 0 atom stereocenters. The van der Waals surface area contributed by atoms with Crippen molar-refractivity contribution in [1.29, 1.82) is 0 Å². The maximum absolute atomic E-state index is 11.6. The van der Waals surface area contributed by atoms with Gasteiger partial charge in [0.05, 0.1) is 17.2 Å². The van der Waals surface area contributed by atoms with E-state index < -0.39 is 4.92 Å². The molecule has 0 unspecified atom stereocenters. The molecule has 0 radical (unpaired) electrons. The van der Waals surface area contributed by atoms with Crippen molar-refractivity contribution in [1.82, 2.24) is 25.9 Å². The van der Waals surface area contributed by atoms with Gasteiger partial charge in [0.15, 0.2) is 5.82 Å². The Morgan fingerprint density at radius 3 is 2.75 bits per heavy atom. The Labute approximate surface area is 117 Å². The van der Waals surface area contributed by atoms with Crippen LogP contribution < -0.4 is 5.32 Å². The number of nitro benzene ring substituents is 1. The number of hydrogen-bond acceptors (Lipinski definition) is 7. The third kappa shape index (κ3) is 4.02. The van der Waals surface area contributed by atoms with Gasteiger partial charge in [-0.3, -0.25) is 14.9 Å². The lowest BCUT2D eigenvalue weighted by atomic mass is 10.3. The van der Waals surface area contributed by atoms with Crippen LogP contribution in [0, 0.1) is 10.1 Å². The number of carbonyl (C=O) groups excluding carboxylic acids is 1. The number of amides is 1. The Hall–Kier alpha value is -2.49. The Kier molecular flexibility index (Phi) is 4.60. The van der Waals surface area contributed by atoms with Crippen molar-refractivity contribution in [2.24, 2.45) is 0 Å². The van der Waals surface area contributed by atoms with Gasteiger partial charge in [-0.05, 0) is 12.1 Å². The molecule has 0 saturated carbocycles. The SMILES string of the molecule is O=C(CSc1ccc([N+](=O)[O-])cc1)NCc1nn[nH]n1. The molecule has 0 fully saturated rings. The summed E-state index contributed by atoms with van der Waals surface area (Å²) >= 11 is 1.29. The van der Waals surface area contributed by atoms with Crippen LogP contribution >= 0.6 is 11.8 Å². The van der Waals surface area contributed by atoms with E-state index >= 15 is 0 Å². The summed E-state index contributed by atoms with van der Waals surface area (Å²) in [4.78, 5) is 22.4. The minimum Gasteiger partial charge on any atom is -0.348 e. The first kappa shape index (κ1) is 13.9. The number of aromatic amines is 1. The molecule has 2 N–H and O–H groups in total. The van der Waals surface area contributed by atoms with E-state index in [9.17, 15) is 14.9 Å². The van der Waals surface area contributed by atoms with Crippen LogP contribution in [0.25, 0.3) is 0 Å². The average Bonchev–Trinajstić information content (AvgIpc) is 2.96. The number of H-pyrrole nitrogens is 1. The van der Waals surface area contributed by atoms with Gasteiger partial charge in [-0.15, -0.1) is 22.0 Å². The summed E-state index contributed by atoms with van der Waals surface area (Å²) < 4.78 is 0. The molecule has 0 spiro atoms. The number of non-ortho nitro benzene ring substituents is 1. The molecule has 20 heavy (non-hydrogen) atoms. The summed E-state index contributed by atoms with van der Waals surface area (Å²) in [6, 6.07) is 6.02. The molecule has 0 aliphatic rings. The van der Waals surface area contributed by atoms with Gasteiger partial charge in [0.1, 0.15) is 0 Å². The highest BCUT2D eigenvalue weighted by atomic mass is 32.2. The fourth-order valence-corrected chi connectivity index (χ4v) is 2.03. The normalized spacial score (nSPS) is 10.2. The maximum atomic E-state index is 11.6. The van der Waals surface area contributed by atoms with Crippen LogP contribution in [0.3, 0.4) is 0 Å². The van der Waals surface area contributed by atoms with Crippen molar-refractivity contribution in [3.05, 3.63) is 40.2 Å². The van der Waals surface area contributed by atoms with Crippen LogP contribution in [0.2, 0.25) is 0 Å². The molecule has 10 heteroatoms. The molecule has 0 saturated heterocycles. The van der Waals surface area contributed by atoms with Crippen LogP contribution in [-0.4, -0.2) is 37.2 Å². The summed E-state index contributed by atoms with van der Waals surface area (Å²) in [6.07, 6.45) is 0. The van der Waals surface area contributed by atoms with Crippen molar-refractivity contribution in [3.63, 3.8) is 0 Å². The molecule has 2 rings (SSSR count). The molecule has 0 aliphatic heterocycles. The van der Waals surface area contributed by atoms with E-state index in [4.69, 9.17) is 0 Å². The lowest BCUT2D eigenvalue weighted by molar-refractivity contribution is -0.384. The van der Waals surface area contributed by atoms with Gasteiger partial charge in [-0.25, -0.2) is 0 Å². The third-order valence-corrected chi connectivity index (χ3v) is 3.26. The van der Waals surface area contributed by atoms with E-state index in [-0.39, 0.29) is 23.9 Å². The molecule has 0 aliphatic carbocycles. The molecule has 1 aromatic carbocycles. The summed E-state index contributed by atoms with van der Waals surface area (Å²) in [5, 5.41) is 26.2. The van der Waals surface area contributed by atoms with Crippen molar-refractivity contribution in [3.8, 4) is 0 Å². The fraction of sp³-hybridized carbons (Fsp3) is 0.200. The zero-order valence-electron chi connectivity index (χ0n) is 10.1. The highest BCUT2D eigenvalue weighted by Crippen LogP contribution is 2.20. The van der Waals surface area contributed by atoms with Crippen LogP contribution in [0.1, 0.15) is 5.82 Å². The quantitative estimate of drug-likeness (QED) is 0.451. The number of carbonyl (C=O) groups is 1. The van der Waals surface area contributed by atoms with E-state index in [0.29, 0.717) is 5.82 Å². The number of benzene rings is 1. The van der Waals surface area contributed by atoms with Crippen LogP contribution in [0.5, 0.6) is 0 Å². The van der Waals surface area contributed by atoms with Crippen LogP contribution in [0.4, 0.5) is 5.69 Å². The molecule has 1 amide bonds. The lowest BCUT2D eigenvalue weighted by Crippen LogP contribution is -2.25. The molecule has 9 nitrogen and oxygen atoms in total. The summed E-state index contributed by atoms with van der Waals surface area (Å²) in [6.45, 7) is 0.205. The first-order chi connectivity index (χ1) is 9.65. The van der Waals surface area contributed by atoms with Gasteiger partial charge in [-0.1, -0.05) is 5.21 Å². The highest BCUT2D eigenvalue weighted by Gasteiger charge is 2.07. The van der Waals surface area contributed by atoms with Crippen molar-refractivity contribution >= 4 is 23.4 Å². The molecular weight excluding hydrogens is 284 g/mol. The predicted octanol–water partition coefficient (Wildman–Crippen LogP) is 0.516. The van der Waals surface area contributed by atoms with Gasteiger partial charge < -0.3 is 5.32 Å². The predicted molar refractivity (Wildman–Crippen MR) is 69.8 cm³/mol. The van der Waals surface area contributed by atoms with Gasteiger partial charge in [0.25, 0.3) is 5.69 Å². The summed E-state index contributed by atoms with van der Waals surface area (Å²) in [7, 11) is 0. The Morgan fingerprint density at radius 2 is 2.15 bits per heavy atom. The Bertz CT molecular complexity index is 586. The second-order valence-corrected chi connectivity index (χ2v) is 4.69. The molecule has 104 valence electrons. The van der Waals surface area contributed by atoms with Crippen molar-refractivity contribution in [2.75, 3.05) is 5.75 Å². The monoisotopic (exact) mass is 294 g/mol. The second kappa shape index (κ2) is 6.61. The lowest BCUT2D eigenvalue weighted by Gasteiger charge is -2.02. The minimum atomic E-state index is -0.466. The minimum absolute atomic E-state index is 0.0240. The largest absolute Gasteiger partial charge is 0.348 e. The topological polar surface area (TPSA) is 127 Å². The van der Waals surface area contributed by atoms with E-state index in [1.807, 2.05) is 0 Å². The molecule has 1 heterocycles. The molecular formula is C10H10N6O3S. The number of aromatic nitrogens is 4. The number of tetrazole rings is 1. The average molecular weight is 294 g/mol. The Morgan fingerprint density at radius 1 is 1.40 bits per heavy atom. The number of nitrogens with zero attached hydrogens (tertiary/aromatic N) is 4. The first-order valence-corrected chi connectivity index (χ1v) is 6.50. The van der Waals surface area contributed by atoms with Gasteiger partial charge in [-0.2, -0.15) is 5.21 Å². The van der Waals surface area contributed by atoms with Gasteiger partial charge >= 0.3 is 0 Å². The van der Waals surface area contributed by atoms with E-state index in [2.05, 4.69) is 25.9 Å². The van der Waals surface area contributed by atoms with E-state index in [0.717, 1.165) is 4.90 Å². The van der Waals surface area contributed by atoms with E-state index in [1.54, 1.807) is 12.1 Å². The van der Waals surface area contributed by atoms with Gasteiger partial charge in [0.2, 0.25) is 5.91 Å². The summed E-state index contributed by atoms with van der Waals surface area (Å²) in [5.74, 6) is 0.423. The smallest absolute Gasteiger partial charge is 0.269 e. The number of thioether (sulfide) groups is 1. The van der Waals surface area contributed by atoms with Gasteiger partial charge in [0, 0.05) is 17.0 Å². The van der Waals surface area contributed by atoms with Crippen LogP contribution in [0.15, 0.2) is 29.2 Å². The molecule has 0 bridgehead atoms. The number of hydrogen-bond donors (Lipinski definition) is 2. The maximum Gasteiger partial charge on any atom is 0.269 e. The molecule has 1 aromatic heterocycles. The zero-order chi connectivity index (χ0) is 14.4. The van der Waals surface area contributed by atoms with Crippen molar-refractivity contribution in [2.45, 2.75) is 11.4 Å². The van der Waals surface area contributed by atoms with Crippen LogP contribution in [-0.2, 0) is 11.3 Å². The van der Waals surface area contributed by atoms with E-state index in [1.165, 1.54) is 23.9 Å². The zero-order valence-corrected chi connectivity index (χ0v) is 11.0. The Balaban J connectivity index is 1.76. The highest BCUT2D eigenvalue weighted by molar-refractivity contribution is 8.00. The standard InChI is InChI=1S/C10H10N6O3S/c17-10(11-5-9-12-14-15-13-9)6-20-8-3-1-7(2-4-8)16(18)19/h1-4H,5-6H2,(H,11,17)(H,12,13,14,15). The second-order valence-electron chi connectivity index (χ2n) is 3.64. The number of nitro groups is 1. The molecule has 2 aromatic rings. The fourth-order valence-electron chi connectivity index (χ4n) is 1.30. The third-order valence-electron chi connectivity index (χ3n) is 2.25. The first-order valence-electron chi connectivity index (χ1n) is 5.51.